The van der Waals surface area contributed by atoms with E-state index in [-0.39, 0.29) is 5.92 Å². The lowest BCUT2D eigenvalue weighted by atomic mass is 10.2. The van der Waals surface area contributed by atoms with Crippen LogP contribution in [0.1, 0.15) is 31.2 Å². The largest absolute Gasteiger partial charge is 0.363 e. The van der Waals surface area contributed by atoms with Crippen molar-refractivity contribution in [3.8, 4) is 0 Å². The molecule has 2 aromatic rings. The van der Waals surface area contributed by atoms with Gasteiger partial charge in [0, 0.05) is 38.5 Å². The van der Waals surface area contributed by atoms with Gasteiger partial charge in [0.05, 0.1) is 6.21 Å². The monoisotopic (exact) mass is 284 g/mol. The van der Waals surface area contributed by atoms with Gasteiger partial charge in [-0.15, -0.1) is 0 Å². The number of nitrogens with one attached hydrogen (secondary N) is 1. The van der Waals surface area contributed by atoms with Gasteiger partial charge in [-0.3, -0.25) is 10.4 Å². The summed E-state index contributed by atoms with van der Waals surface area (Å²) in [4.78, 5) is 14.9. The topological polar surface area (TPSA) is 66.3 Å². The quantitative estimate of drug-likeness (QED) is 0.675. The van der Waals surface area contributed by atoms with Crippen LogP contribution in [0.3, 0.4) is 0 Å². The molecule has 0 aliphatic carbocycles. The highest BCUT2D eigenvalue weighted by atomic mass is 15.3. The average Bonchev–Trinajstić information content (AvgIpc) is 2.48. The number of nitrogens with zero attached hydrogens (tertiary/aromatic N) is 5. The molecule has 0 saturated heterocycles. The molecule has 110 valence electrons. The molecule has 1 N–H and O–H groups in total. The Kier molecular flexibility index (Phi) is 4.81. The maximum atomic E-state index is 4.51. The van der Waals surface area contributed by atoms with Crippen LogP contribution in [-0.4, -0.2) is 35.3 Å². The standard InChI is InChI=1S/C15H20N6/c1-11(2)15-18-13(9-14(19-15)21(3)4)20-17-10-12-5-7-16-8-6-12/h5-11H,1-4H3,(H,18,19,20). The van der Waals surface area contributed by atoms with Crippen LogP contribution in [0.15, 0.2) is 35.7 Å². The summed E-state index contributed by atoms with van der Waals surface area (Å²) in [6, 6.07) is 5.64. The minimum absolute atomic E-state index is 0.259. The van der Waals surface area contributed by atoms with E-state index in [1.165, 1.54) is 0 Å². The molecule has 0 aromatic carbocycles. The van der Waals surface area contributed by atoms with Crippen LogP contribution in [0, 0.1) is 0 Å². The van der Waals surface area contributed by atoms with E-state index >= 15 is 0 Å². The van der Waals surface area contributed by atoms with Gasteiger partial charge in [0.2, 0.25) is 0 Å². The van der Waals surface area contributed by atoms with Gasteiger partial charge in [0.15, 0.2) is 5.82 Å². The minimum atomic E-state index is 0.259. The van der Waals surface area contributed by atoms with Crippen molar-refractivity contribution in [3.63, 3.8) is 0 Å². The molecule has 0 spiro atoms. The molecular weight excluding hydrogens is 264 g/mol. The van der Waals surface area contributed by atoms with E-state index in [0.29, 0.717) is 5.82 Å². The van der Waals surface area contributed by atoms with E-state index in [4.69, 9.17) is 0 Å². The molecule has 0 aliphatic rings. The first-order chi connectivity index (χ1) is 10.1. The molecular formula is C15H20N6. The summed E-state index contributed by atoms with van der Waals surface area (Å²) in [6.07, 6.45) is 5.19. The number of hydrogen-bond acceptors (Lipinski definition) is 6. The Morgan fingerprint density at radius 2 is 1.90 bits per heavy atom. The van der Waals surface area contributed by atoms with Gasteiger partial charge in [-0.2, -0.15) is 5.10 Å². The first-order valence-electron chi connectivity index (χ1n) is 6.81. The third-order valence-corrected chi connectivity index (χ3v) is 2.80. The maximum Gasteiger partial charge on any atom is 0.152 e. The molecule has 0 amide bonds. The number of hydrazone groups is 1. The minimum Gasteiger partial charge on any atom is -0.363 e. The zero-order chi connectivity index (χ0) is 15.2. The predicted octanol–water partition coefficient (Wildman–Crippen LogP) is 2.51. The molecule has 6 heteroatoms. The van der Waals surface area contributed by atoms with Crippen LogP contribution in [0.5, 0.6) is 0 Å². The van der Waals surface area contributed by atoms with Crippen molar-refractivity contribution in [2.45, 2.75) is 19.8 Å². The summed E-state index contributed by atoms with van der Waals surface area (Å²) in [5.74, 6) is 2.59. The van der Waals surface area contributed by atoms with Crippen LogP contribution in [-0.2, 0) is 0 Å². The van der Waals surface area contributed by atoms with Crippen molar-refractivity contribution >= 4 is 17.9 Å². The molecule has 0 bridgehead atoms. The average molecular weight is 284 g/mol. The second kappa shape index (κ2) is 6.78. The molecule has 0 aliphatic heterocycles. The fourth-order valence-electron chi connectivity index (χ4n) is 1.62. The molecule has 6 nitrogen and oxygen atoms in total. The highest BCUT2D eigenvalue weighted by molar-refractivity contribution is 5.79. The van der Waals surface area contributed by atoms with Gasteiger partial charge in [-0.25, -0.2) is 9.97 Å². The van der Waals surface area contributed by atoms with Crippen LogP contribution < -0.4 is 10.3 Å². The van der Waals surface area contributed by atoms with E-state index in [0.717, 1.165) is 17.2 Å². The SMILES string of the molecule is CC(C)c1nc(NN=Cc2ccncc2)cc(N(C)C)n1. The van der Waals surface area contributed by atoms with Crippen molar-refractivity contribution < 1.29 is 0 Å². The first-order valence-corrected chi connectivity index (χ1v) is 6.81. The van der Waals surface area contributed by atoms with Crippen molar-refractivity contribution in [1.82, 2.24) is 15.0 Å². The van der Waals surface area contributed by atoms with Gasteiger partial charge in [0.25, 0.3) is 0 Å². The molecule has 2 rings (SSSR count). The number of aromatic nitrogens is 3. The lowest BCUT2D eigenvalue weighted by Crippen LogP contribution is -2.13. The number of pyridine rings is 1. The first kappa shape index (κ1) is 14.9. The normalized spacial score (nSPS) is 11.1. The highest BCUT2D eigenvalue weighted by Crippen LogP contribution is 2.18. The molecule has 21 heavy (non-hydrogen) atoms. The van der Waals surface area contributed by atoms with Crippen LogP contribution in [0.4, 0.5) is 11.6 Å². The van der Waals surface area contributed by atoms with Crippen molar-refractivity contribution in [2.24, 2.45) is 5.10 Å². The Labute approximate surface area is 125 Å². The van der Waals surface area contributed by atoms with Crippen LogP contribution >= 0.6 is 0 Å². The summed E-state index contributed by atoms with van der Waals surface area (Å²) in [6.45, 7) is 4.14. The van der Waals surface area contributed by atoms with E-state index < -0.39 is 0 Å². The highest BCUT2D eigenvalue weighted by Gasteiger charge is 2.08. The van der Waals surface area contributed by atoms with Gasteiger partial charge >= 0.3 is 0 Å². The van der Waals surface area contributed by atoms with Crippen molar-refractivity contribution in [2.75, 3.05) is 24.4 Å². The summed E-state index contributed by atoms with van der Waals surface area (Å²) < 4.78 is 0. The van der Waals surface area contributed by atoms with Crippen molar-refractivity contribution in [3.05, 3.63) is 42.0 Å². The van der Waals surface area contributed by atoms with Gasteiger partial charge in [0.1, 0.15) is 11.6 Å². The molecule has 2 heterocycles. The van der Waals surface area contributed by atoms with E-state index in [2.05, 4.69) is 39.3 Å². The number of rotatable bonds is 5. The Hall–Kier alpha value is -2.50. The molecule has 0 unspecified atom stereocenters. The van der Waals surface area contributed by atoms with Gasteiger partial charge in [-0.05, 0) is 17.7 Å². The number of anilines is 2. The van der Waals surface area contributed by atoms with Crippen LogP contribution in [0.25, 0.3) is 0 Å². The molecule has 2 aromatic heterocycles. The molecule has 0 saturated carbocycles. The fraction of sp³-hybridized carbons (Fsp3) is 0.333. The van der Waals surface area contributed by atoms with Gasteiger partial charge < -0.3 is 4.90 Å². The molecule has 0 atom stereocenters. The summed E-state index contributed by atoms with van der Waals surface area (Å²) >= 11 is 0. The predicted molar refractivity (Wildman–Crippen MR) is 85.9 cm³/mol. The second-order valence-corrected chi connectivity index (χ2v) is 5.17. The lowest BCUT2D eigenvalue weighted by Gasteiger charge is -2.15. The van der Waals surface area contributed by atoms with E-state index in [9.17, 15) is 0 Å². The second-order valence-electron chi connectivity index (χ2n) is 5.17. The zero-order valence-electron chi connectivity index (χ0n) is 12.8. The Bertz CT molecular complexity index is 581. The Morgan fingerprint density at radius 1 is 1.19 bits per heavy atom. The summed E-state index contributed by atoms with van der Waals surface area (Å²) in [5.41, 5.74) is 3.93. The Balaban J connectivity index is 2.17. The fourth-order valence-corrected chi connectivity index (χ4v) is 1.62. The third kappa shape index (κ3) is 4.24. The zero-order valence-corrected chi connectivity index (χ0v) is 12.8. The lowest BCUT2D eigenvalue weighted by molar-refractivity contribution is 0.771. The summed E-state index contributed by atoms with van der Waals surface area (Å²) in [5, 5.41) is 4.20. The van der Waals surface area contributed by atoms with E-state index in [1.807, 2.05) is 37.2 Å². The van der Waals surface area contributed by atoms with Gasteiger partial charge in [-0.1, -0.05) is 13.8 Å². The third-order valence-electron chi connectivity index (χ3n) is 2.80. The van der Waals surface area contributed by atoms with Crippen molar-refractivity contribution in [1.29, 1.82) is 0 Å². The maximum absolute atomic E-state index is 4.51. The Morgan fingerprint density at radius 3 is 2.52 bits per heavy atom. The molecule has 0 fully saturated rings. The smallest absolute Gasteiger partial charge is 0.152 e. The molecule has 0 radical (unpaired) electrons. The number of hydrogen-bond donors (Lipinski definition) is 1. The summed E-state index contributed by atoms with van der Waals surface area (Å²) in [7, 11) is 3.91. The van der Waals surface area contributed by atoms with Crippen LogP contribution in [0.2, 0.25) is 0 Å². The van der Waals surface area contributed by atoms with E-state index in [1.54, 1.807) is 18.6 Å².